The van der Waals surface area contributed by atoms with Crippen LogP contribution in [0.5, 0.6) is 11.5 Å². The van der Waals surface area contributed by atoms with E-state index in [0.29, 0.717) is 40.6 Å². The molecule has 2 saturated carbocycles. The van der Waals surface area contributed by atoms with Crippen LogP contribution < -0.4 is 30.9 Å². The van der Waals surface area contributed by atoms with Gasteiger partial charge in [0, 0.05) is 35.5 Å². The molecule has 2 aliphatic carbocycles. The lowest BCUT2D eigenvalue weighted by Gasteiger charge is -2.36. The van der Waals surface area contributed by atoms with Crippen molar-refractivity contribution in [2.24, 2.45) is 11.3 Å². The van der Waals surface area contributed by atoms with E-state index in [0.717, 1.165) is 38.5 Å². The number of nitrogens with zero attached hydrogens (tertiary/aromatic N) is 1. The third kappa shape index (κ3) is 9.20. The second kappa shape index (κ2) is 16.4. The number of hydrogen-bond donors (Lipinski definition) is 4. The van der Waals surface area contributed by atoms with Crippen molar-refractivity contribution in [1.82, 2.24) is 26.3 Å². The Morgan fingerprint density at radius 3 is 2.37 bits per heavy atom. The van der Waals surface area contributed by atoms with Crippen LogP contribution in [0.15, 0.2) is 18.2 Å². The Kier molecular flexibility index (Phi) is 12.5. The third-order valence-electron chi connectivity index (χ3n) is 10.4. The number of amides is 4. The molecule has 1 spiro atoms. The lowest BCUT2D eigenvalue weighted by Crippen LogP contribution is -2.59. The van der Waals surface area contributed by atoms with Gasteiger partial charge in [-0.1, -0.05) is 65.0 Å². The molecule has 286 valence electrons. The summed E-state index contributed by atoms with van der Waals surface area (Å²) in [6, 6.07) is 0.167. The van der Waals surface area contributed by atoms with Gasteiger partial charge in [0.05, 0.1) is 32.5 Å². The number of halogens is 1. The Morgan fingerprint density at radius 1 is 1.04 bits per heavy atom. The maximum Gasteiger partial charge on any atom is 0.289 e. The SMILES string of the molecule is CCC[C@H](NC(=O)[C@@H]1C[C@]2(C=C(c3cc(Cl)cc(OC)c3OC)NO2)CN1C(=O)[C@@H](NC(=O)CC1CCCCC1)C(C)(C)C)C(=O)C(=O)NC1CC1. The van der Waals surface area contributed by atoms with E-state index >= 15 is 0 Å². The fourth-order valence-electron chi connectivity index (χ4n) is 7.44. The van der Waals surface area contributed by atoms with Gasteiger partial charge in [0.1, 0.15) is 17.7 Å². The first-order valence-corrected chi connectivity index (χ1v) is 18.9. The molecule has 0 unspecified atom stereocenters. The van der Waals surface area contributed by atoms with Crippen LogP contribution in [0.2, 0.25) is 5.02 Å². The van der Waals surface area contributed by atoms with Crippen molar-refractivity contribution < 1.29 is 38.3 Å². The van der Waals surface area contributed by atoms with Crippen LogP contribution in [-0.2, 0) is 28.8 Å². The zero-order valence-electron chi connectivity index (χ0n) is 31.2. The summed E-state index contributed by atoms with van der Waals surface area (Å²) in [5, 5.41) is 8.93. The molecule has 1 aromatic rings. The first-order chi connectivity index (χ1) is 24.7. The number of methoxy groups -OCH3 is 2. The highest BCUT2D eigenvalue weighted by Gasteiger charge is 2.54. The summed E-state index contributed by atoms with van der Waals surface area (Å²) in [6.07, 6.45) is 9.87. The molecule has 4 N–H and O–H groups in total. The number of carbonyl (C=O) groups is 5. The highest BCUT2D eigenvalue weighted by atomic mass is 35.5. The van der Waals surface area contributed by atoms with Gasteiger partial charge in [0.15, 0.2) is 11.5 Å². The number of ketones is 1. The van der Waals surface area contributed by atoms with Gasteiger partial charge in [-0.05, 0) is 55.6 Å². The number of carbonyl (C=O) groups excluding carboxylic acids is 5. The summed E-state index contributed by atoms with van der Waals surface area (Å²) in [5.74, 6) is -1.61. The minimum absolute atomic E-state index is 0.0222. The minimum Gasteiger partial charge on any atom is -0.493 e. The summed E-state index contributed by atoms with van der Waals surface area (Å²) in [6.45, 7) is 7.43. The van der Waals surface area contributed by atoms with Crippen molar-refractivity contribution in [3.8, 4) is 11.5 Å². The van der Waals surface area contributed by atoms with E-state index in [1.165, 1.54) is 25.5 Å². The standard InChI is InChI=1S/C38H54ClN5O8/c1-7-11-26(31(46)35(48)40-24-14-15-24)41-34(47)28-20-38(19-27(43-52-38)25-17-23(39)18-29(50-5)32(25)51-6)21-44(28)36(49)33(37(2,3)4)42-30(45)16-22-12-9-8-10-13-22/h17-19,22,24,26,28,33,43H,7-16,20-21H2,1-6H3,(H,40,48)(H,41,47)(H,42,45)/t26-,28-,33+,38+/m0/s1. The van der Waals surface area contributed by atoms with E-state index in [-0.39, 0.29) is 37.3 Å². The highest BCUT2D eigenvalue weighted by Crippen LogP contribution is 2.43. The molecule has 1 saturated heterocycles. The van der Waals surface area contributed by atoms with E-state index in [1.54, 1.807) is 18.2 Å². The summed E-state index contributed by atoms with van der Waals surface area (Å²) in [5.41, 5.74) is 2.10. The van der Waals surface area contributed by atoms with Crippen molar-refractivity contribution in [3.05, 3.63) is 28.8 Å². The molecule has 2 aliphatic heterocycles. The molecular weight excluding hydrogens is 690 g/mol. The van der Waals surface area contributed by atoms with Crippen LogP contribution in [0.1, 0.15) is 104 Å². The van der Waals surface area contributed by atoms with Crippen molar-refractivity contribution in [3.63, 3.8) is 0 Å². The molecule has 4 aliphatic rings. The molecule has 0 bridgehead atoms. The van der Waals surface area contributed by atoms with Crippen LogP contribution in [0.3, 0.4) is 0 Å². The number of hydrogen-bond acceptors (Lipinski definition) is 9. The average molecular weight is 744 g/mol. The van der Waals surface area contributed by atoms with Crippen LogP contribution in [0, 0.1) is 11.3 Å². The van der Waals surface area contributed by atoms with Crippen molar-refractivity contribution in [2.75, 3.05) is 20.8 Å². The first kappa shape index (κ1) is 39.4. The van der Waals surface area contributed by atoms with E-state index in [9.17, 15) is 24.0 Å². The van der Waals surface area contributed by atoms with E-state index < -0.39 is 52.6 Å². The number of benzene rings is 1. The minimum atomic E-state index is -1.18. The van der Waals surface area contributed by atoms with E-state index in [4.69, 9.17) is 25.9 Å². The molecule has 2 heterocycles. The molecule has 0 radical (unpaired) electrons. The van der Waals surface area contributed by atoms with Gasteiger partial charge in [-0.15, -0.1) is 0 Å². The molecule has 3 fully saturated rings. The normalized spacial score (nSPS) is 22.9. The van der Waals surface area contributed by atoms with Crippen molar-refractivity contribution in [2.45, 2.75) is 128 Å². The van der Waals surface area contributed by atoms with Gasteiger partial charge in [-0.2, -0.15) is 0 Å². The number of nitrogens with one attached hydrogen (secondary N) is 4. The maximum absolute atomic E-state index is 14.7. The maximum atomic E-state index is 14.7. The molecule has 13 nitrogen and oxygen atoms in total. The van der Waals surface area contributed by atoms with Crippen LogP contribution in [0.25, 0.3) is 5.70 Å². The topological polar surface area (TPSA) is 164 Å². The summed E-state index contributed by atoms with van der Waals surface area (Å²) in [4.78, 5) is 76.0. The molecule has 14 heteroatoms. The molecule has 5 rings (SSSR count). The van der Waals surface area contributed by atoms with Crippen LogP contribution in [-0.4, -0.2) is 84.8 Å². The molecule has 52 heavy (non-hydrogen) atoms. The third-order valence-corrected chi connectivity index (χ3v) is 10.6. The Hall–Kier alpha value is -3.84. The summed E-state index contributed by atoms with van der Waals surface area (Å²) >= 11 is 6.42. The van der Waals surface area contributed by atoms with Gasteiger partial charge in [-0.3, -0.25) is 34.3 Å². The predicted octanol–water partition coefficient (Wildman–Crippen LogP) is 4.21. The van der Waals surface area contributed by atoms with E-state index in [1.807, 2.05) is 27.7 Å². The van der Waals surface area contributed by atoms with Crippen molar-refractivity contribution >= 4 is 46.7 Å². The zero-order chi connectivity index (χ0) is 37.8. The molecule has 1 aromatic carbocycles. The number of hydroxylamine groups is 1. The smallest absolute Gasteiger partial charge is 0.289 e. The molecule has 0 aromatic heterocycles. The highest BCUT2D eigenvalue weighted by molar-refractivity contribution is 6.38. The molecule has 4 atom stereocenters. The second-order valence-corrected chi connectivity index (χ2v) is 16.2. The lowest BCUT2D eigenvalue weighted by molar-refractivity contribution is -0.145. The van der Waals surface area contributed by atoms with Gasteiger partial charge in [0.25, 0.3) is 5.91 Å². The van der Waals surface area contributed by atoms with E-state index in [2.05, 4.69) is 21.4 Å². The summed E-state index contributed by atoms with van der Waals surface area (Å²) < 4.78 is 11.1. The molecular formula is C38H54ClN5O8. The fraction of sp³-hybridized carbons (Fsp3) is 0.658. The fourth-order valence-corrected chi connectivity index (χ4v) is 7.65. The number of likely N-dealkylation sites (tertiary alicyclic amines) is 1. The second-order valence-electron chi connectivity index (χ2n) is 15.7. The predicted molar refractivity (Wildman–Crippen MR) is 195 cm³/mol. The molecule has 4 amide bonds. The zero-order valence-corrected chi connectivity index (χ0v) is 32.0. The van der Waals surface area contributed by atoms with Crippen LogP contribution >= 0.6 is 11.6 Å². The Morgan fingerprint density at radius 2 is 1.75 bits per heavy atom. The monoisotopic (exact) mass is 743 g/mol. The van der Waals surface area contributed by atoms with Gasteiger partial charge in [0.2, 0.25) is 23.5 Å². The first-order valence-electron chi connectivity index (χ1n) is 18.5. The average Bonchev–Trinajstić information content (AvgIpc) is 3.70. The van der Waals surface area contributed by atoms with Gasteiger partial charge >= 0.3 is 0 Å². The number of ether oxygens (including phenoxy) is 2. The van der Waals surface area contributed by atoms with Gasteiger partial charge < -0.3 is 30.3 Å². The quantitative estimate of drug-likeness (QED) is 0.205. The number of Topliss-reactive ketones (excluding diaryl/α,β-unsaturated/α-hetero) is 1. The Labute approximate surface area is 311 Å². The van der Waals surface area contributed by atoms with Crippen molar-refractivity contribution in [1.29, 1.82) is 0 Å². The lowest BCUT2D eigenvalue weighted by atomic mass is 9.84. The largest absolute Gasteiger partial charge is 0.493 e. The summed E-state index contributed by atoms with van der Waals surface area (Å²) in [7, 11) is 3.01. The van der Waals surface area contributed by atoms with Gasteiger partial charge in [-0.25, -0.2) is 0 Å². The Bertz CT molecular complexity index is 1570. The Balaban J connectivity index is 1.46. The number of rotatable bonds is 14. The van der Waals surface area contributed by atoms with Crippen LogP contribution in [0.4, 0.5) is 0 Å².